The van der Waals surface area contributed by atoms with Crippen LogP contribution in [-0.2, 0) is 4.74 Å². The first-order chi connectivity index (χ1) is 7.22. The zero-order valence-corrected chi connectivity index (χ0v) is 9.30. The Hall–Kier alpha value is -1.54. The van der Waals surface area contributed by atoms with E-state index in [-0.39, 0.29) is 0 Å². The molecule has 1 rings (SSSR count). The summed E-state index contributed by atoms with van der Waals surface area (Å²) >= 11 is 1.37. The first kappa shape index (κ1) is 11.5. The molecule has 0 unspecified atom stereocenters. The molecule has 78 valence electrons. The van der Waals surface area contributed by atoms with Crippen molar-refractivity contribution in [2.45, 2.75) is 11.9 Å². The van der Waals surface area contributed by atoms with E-state index in [9.17, 15) is 4.79 Å². The molecule has 0 bridgehead atoms. The molecule has 0 aliphatic carbocycles. The smallest absolute Gasteiger partial charge is 0.339 e. The normalized spacial score (nSPS) is 9.40. The molecule has 0 saturated carbocycles. The topological polar surface area (TPSA) is 63.0 Å². The predicted molar refractivity (Wildman–Crippen MR) is 56.7 cm³/mol. The maximum atomic E-state index is 11.3. The highest BCUT2D eigenvalue weighted by Crippen LogP contribution is 2.17. The Morgan fingerprint density at radius 1 is 1.73 bits per heavy atom. The third kappa shape index (κ3) is 2.70. The highest BCUT2D eigenvalue weighted by molar-refractivity contribution is 7.98. The molecule has 1 aromatic heterocycles. The zero-order chi connectivity index (χ0) is 11.3. The van der Waals surface area contributed by atoms with Gasteiger partial charge in [0.25, 0.3) is 0 Å². The summed E-state index contributed by atoms with van der Waals surface area (Å²) in [6.07, 6.45) is 3.25. The molecular weight excluding hydrogens is 212 g/mol. The third-order valence-corrected chi connectivity index (χ3v) is 2.39. The monoisotopic (exact) mass is 222 g/mol. The number of carbonyl (C=O) groups is 1. The number of nitrogens with zero attached hydrogens (tertiary/aromatic N) is 2. The molecule has 0 aromatic carbocycles. The average molecular weight is 222 g/mol. The maximum Gasteiger partial charge on any atom is 0.339 e. The van der Waals surface area contributed by atoms with Crippen LogP contribution in [0.5, 0.6) is 0 Å². The number of hydrogen-bond acceptors (Lipinski definition) is 5. The van der Waals surface area contributed by atoms with Gasteiger partial charge in [-0.25, -0.2) is 9.78 Å². The predicted octanol–water partition coefficient (Wildman–Crippen LogP) is 1.85. The van der Waals surface area contributed by atoms with Crippen molar-refractivity contribution < 1.29 is 9.53 Å². The number of aromatic nitrogens is 1. The van der Waals surface area contributed by atoms with Crippen LogP contribution >= 0.6 is 11.8 Å². The number of ether oxygens (including phenoxy) is 1. The summed E-state index contributed by atoms with van der Waals surface area (Å²) in [5.41, 5.74) is 0.708. The Bertz CT molecular complexity index is 412. The number of esters is 1. The second-order valence-electron chi connectivity index (χ2n) is 2.61. The van der Waals surface area contributed by atoms with Gasteiger partial charge in [0.1, 0.15) is 11.1 Å². The Kier molecular flexibility index (Phi) is 4.13. The Labute approximate surface area is 92.3 Å². The molecular formula is C10H10N2O2S. The van der Waals surface area contributed by atoms with Gasteiger partial charge in [-0.15, -0.1) is 11.8 Å². The molecule has 0 fully saturated rings. The summed E-state index contributed by atoms with van der Waals surface area (Å²) < 4.78 is 4.81. The van der Waals surface area contributed by atoms with Crippen molar-refractivity contribution in [2.75, 3.05) is 12.9 Å². The van der Waals surface area contributed by atoms with Gasteiger partial charge in [-0.2, -0.15) is 5.26 Å². The fraction of sp³-hybridized carbons (Fsp3) is 0.300. The molecule has 0 N–H and O–H groups in total. The van der Waals surface area contributed by atoms with Crippen LogP contribution in [0.4, 0.5) is 0 Å². The first-order valence-corrected chi connectivity index (χ1v) is 5.56. The number of pyridine rings is 1. The lowest BCUT2D eigenvalue weighted by molar-refractivity contribution is 0.0525. The first-order valence-electron chi connectivity index (χ1n) is 4.34. The van der Waals surface area contributed by atoms with Gasteiger partial charge < -0.3 is 4.74 Å². The van der Waals surface area contributed by atoms with E-state index in [2.05, 4.69) is 4.98 Å². The van der Waals surface area contributed by atoms with Crippen LogP contribution in [0, 0.1) is 11.3 Å². The molecule has 0 spiro atoms. The number of nitriles is 1. The van der Waals surface area contributed by atoms with E-state index in [4.69, 9.17) is 10.00 Å². The molecule has 0 atom stereocenters. The molecule has 1 aromatic rings. The van der Waals surface area contributed by atoms with Crippen molar-refractivity contribution in [3.8, 4) is 6.07 Å². The van der Waals surface area contributed by atoms with Crippen LogP contribution in [0.15, 0.2) is 17.3 Å². The lowest BCUT2D eigenvalue weighted by atomic mass is 10.2. The molecule has 0 amide bonds. The second-order valence-corrected chi connectivity index (χ2v) is 3.41. The molecule has 4 nitrogen and oxygen atoms in total. The van der Waals surface area contributed by atoms with E-state index in [1.165, 1.54) is 24.0 Å². The van der Waals surface area contributed by atoms with Gasteiger partial charge in [-0.05, 0) is 19.2 Å². The molecule has 0 aliphatic rings. The minimum atomic E-state index is -0.450. The van der Waals surface area contributed by atoms with Crippen molar-refractivity contribution in [3.05, 3.63) is 23.4 Å². The van der Waals surface area contributed by atoms with Crippen LogP contribution in [0.25, 0.3) is 0 Å². The molecule has 0 saturated heterocycles. The summed E-state index contributed by atoms with van der Waals surface area (Å²) in [4.78, 5) is 15.3. The van der Waals surface area contributed by atoms with Crippen LogP contribution in [0.1, 0.15) is 22.8 Å². The number of rotatable bonds is 3. The fourth-order valence-corrected chi connectivity index (χ4v) is 1.50. The lowest BCUT2D eigenvalue weighted by Crippen LogP contribution is -2.06. The van der Waals surface area contributed by atoms with Crippen molar-refractivity contribution >= 4 is 17.7 Å². The van der Waals surface area contributed by atoms with E-state index in [0.29, 0.717) is 22.8 Å². The van der Waals surface area contributed by atoms with Crippen LogP contribution < -0.4 is 0 Å². The zero-order valence-electron chi connectivity index (χ0n) is 8.48. The molecule has 1 heterocycles. The molecule has 5 heteroatoms. The fourth-order valence-electron chi connectivity index (χ4n) is 1.02. The van der Waals surface area contributed by atoms with Crippen LogP contribution in [0.2, 0.25) is 0 Å². The molecule has 0 radical (unpaired) electrons. The minimum absolute atomic E-state index is 0.311. The largest absolute Gasteiger partial charge is 0.462 e. The maximum absolute atomic E-state index is 11.3. The van der Waals surface area contributed by atoms with Gasteiger partial charge >= 0.3 is 5.97 Å². The van der Waals surface area contributed by atoms with Crippen LogP contribution in [0.3, 0.4) is 0 Å². The van der Waals surface area contributed by atoms with E-state index in [1.807, 2.05) is 12.3 Å². The third-order valence-electron chi connectivity index (χ3n) is 1.68. The number of carbonyl (C=O) groups excluding carboxylic acids is 1. The van der Waals surface area contributed by atoms with E-state index < -0.39 is 5.97 Å². The van der Waals surface area contributed by atoms with Gasteiger partial charge in [-0.1, -0.05) is 0 Å². The average Bonchev–Trinajstić information content (AvgIpc) is 2.28. The Balaban J connectivity index is 3.04. The van der Waals surface area contributed by atoms with Gasteiger partial charge in [0.15, 0.2) is 0 Å². The quantitative estimate of drug-likeness (QED) is 0.577. The SMILES string of the molecule is CCOC(=O)c1cnc(SC)c(C#N)c1. The second kappa shape index (κ2) is 5.37. The van der Waals surface area contributed by atoms with Crippen molar-refractivity contribution in [1.29, 1.82) is 5.26 Å². The van der Waals surface area contributed by atoms with Gasteiger partial charge in [0.05, 0.1) is 17.7 Å². The van der Waals surface area contributed by atoms with Gasteiger partial charge in [-0.3, -0.25) is 0 Å². The van der Waals surface area contributed by atoms with Crippen molar-refractivity contribution in [1.82, 2.24) is 4.98 Å². The standard InChI is InChI=1S/C10H10N2O2S/c1-3-14-10(13)8-4-7(5-11)9(15-2)12-6-8/h4,6H,3H2,1-2H3. The Morgan fingerprint density at radius 3 is 3.00 bits per heavy atom. The summed E-state index contributed by atoms with van der Waals surface area (Å²) in [5.74, 6) is -0.450. The van der Waals surface area contributed by atoms with E-state index in [0.717, 1.165) is 0 Å². The van der Waals surface area contributed by atoms with Gasteiger partial charge in [0, 0.05) is 6.20 Å². The molecule has 0 aliphatic heterocycles. The minimum Gasteiger partial charge on any atom is -0.462 e. The Morgan fingerprint density at radius 2 is 2.47 bits per heavy atom. The summed E-state index contributed by atoms with van der Waals surface area (Å²) in [7, 11) is 0. The highest BCUT2D eigenvalue weighted by atomic mass is 32.2. The lowest BCUT2D eigenvalue weighted by Gasteiger charge is -2.03. The van der Waals surface area contributed by atoms with Crippen LogP contribution in [-0.4, -0.2) is 23.8 Å². The van der Waals surface area contributed by atoms with Gasteiger partial charge in [0.2, 0.25) is 0 Å². The van der Waals surface area contributed by atoms with Crippen molar-refractivity contribution in [3.63, 3.8) is 0 Å². The highest BCUT2D eigenvalue weighted by Gasteiger charge is 2.10. The summed E-state index contributed by atoms with van der Waals surface area (Å²) in [5, 5.41) is 9.45. The van der Waals surface area contributed by atoms with E-state index in [1.54, 1.807) is 6.92 Å². The summed E-state index contributed by atoms with van der Waals surface area (Å²) in [6, 6.07) is 3.49. The number of hydrogen-bond donors (Lipinski definition) is 0. The number of thioether (sulfide) groups is 1. The summed E-state index contributed by atoms with van der Waals surface area (Å²) in [6.45, 7) is 2.04. The van der Waals surface area contributed by atoms with Crippen molar-refractivity contribution in [2.24, 2.45) is 0 Å². The molecule has 15 heavy (non-hydrogen) atoms. The van der Waals surface area contributed by atoms with E-state index >= 15 is 0 Å².